The Bertz CT molecular complexity index is 350. The topological polar surface area (TPSA) is 37.8 Å². The van der Waals surface area contributed by atoms with Crippen LogP contribution in [0, 0.1) is 12.8 Å². The highest BCUT2D eigenvalue weighted by atomic mass is 35.5. The van der Waals surface area contributed by atoms with Gasteiger partial charge < -0.3 is 5.32 Å². The van der Waals surface area contributed by atoms with Crippen molar-refractivity contribution >= 4 is 17.5 Å². The highest BCUT2D eigenvalue weighted by Gasteiger charge is 2.07. The van der Waals surface area contributed by atoms with Crippen molar-refractivity contribution in [3.8, 4) is 0 Å². The zero-order valence-electron chi connectivity index (χ0n) is 10.5. The third-order valence-electron chi connectivity index (χ3n) is 2.53. The van der Waals surface area contributed by atoms with Crippen LogP contribution in [-0.4, -0.2) is 16.5 Å². The lowest BCUT2D eigenvalue weighted by molar-refractivity contribution is 0.605. The van der Waals surface area contributed by atoms with Gasteiger partial charge in [-0.15, -0.1) is 0 Å². The van der Waals surface area contributed by atoms with Gasteiger partial charge in [0.25, 0.3) is 0 Å². The summed E-state index contributed by atoms with van der Waals surface area (Å²) in [6.07, 6.45) is 1.99. The minimum absolute atomic E-state index is 0.555. The Hall–Kier alpha value is -0.830. The first-order valence-electron chi connectivity index (χ1n) is 5.81. The summed E-state index contributed by atoms with van der Waals surface area (Å²) in [6.45, 7) is 9.31. The van der Waals surface area contributed by atoms with E-state index in [1.165, 1.54) is 0 Å². The van der Waals surface area contributed by atoms with Crippen LogP contribution in [0.25, 0.3) is 0 Å². The van der Waals surface area contributed by atoms with Gasteiger partial charge in [-0.1, -0.05) is 32.4 Å². The summed E-state index contributed by atoms with van der Waals surface area (Å²) in [4.78, 5) is 8.66. The van der Waals surface area contributed by atoms with Gasteiger partial charge in [0.2, 0.25) is 5.95 Å². The Balaban J connectivity index is 2.70. The fourth-order valence-corrected chi connectivity index (χ4v) is 1.62. The second-order valence-electron chi connectivity index (χ2n) is 4.37. The van der Waals surface area contributed by atoms with Gasteiger partial charge in [-0.2, -0.15) is 0 Å². The largest absolute Gasteiger partial charge is 0.354 e. The number of nitrogens with zero attached hydrogens (tertiary/aromatic N) is 2. The van der Waals surface area contributed by atoms with Gasteiger partial charge in [0, 0.05) is 12.1 Å². The maximum absolute atomic E-state index is 6.05. The van der Waals surface area contributed by atoms with Crippen LogP contribution >= 0.6 is 11.6 Å². The van der Waals surface area contributed by atoms with Crippen LogP contribution in [0.4, 0.5) is 5.95 Å². The highest BCUT2D eigenvalue weighted by molar-refractivity contribution is 6.30. The van der Waals surface area contributed by atoms with E-state index in [0.717, 1.165) is 30.6 Å². The van der Waals surface area contributed by atoms with Crippen LogP contribution in [0.15, 0.2) is 0 Å². The van der Waals surface area contributed by atoms with Crippen molar-refractivity contribution in [2.45, 2.75) is 40.5 Å². The molecule has 3 nitrogen and oxygen atoms in total. The molecule has 0 saturated carbocycles. The average Bonchev–Trinajstić information content (AvgIpc) is 2.22. The van der Waals surface area contributed by atoms with Crippen molar-refractivity contribution in [1.29, 1.82) is 0 Å². The van der Waals surface area contributed by atoms with Crippen molar-refractivity contribution < 1.29 is 0 Å². The number of halogens is 1. The summed E-state index contributed by atoms with van der Waals surface area (Å²) in [6, 6.07) is 0. The van der Waals surface area contributed by atoms with Gasteiger partial charge in [0.15, 0.2) is 0 Å². The standard InChI is InChI=1S/C12H20ClN3/c1-5-10-9(4)11(13)16-12(15-10)14-7-6-8(2)3/h8H,5-7H2,1-4H3,(H,14,15,16). The lowest BCUT2D eigenvalue weighted by Gasteiger charge is -2.10. The van der Waals surface area contributed by atoms with Crippen LogP contribution in [0.5, 0.6) is 0 Å². The third-order valence-corrected chi connectivity index (χ3v) is 2.89. The van der Waals surface area contributed by atoms with Crippen LogP contribution in [-0.2, 0) is 6.42 Å². The second kappa shape index (κ2) is 6.04. The van der Waals surface area contributed by atoms with Gasteiger partial charge in [-0.25, -0.2) is 9.97 Å². The number of anilines is 1. The predicted molar refractivity (Wildman–Crippen MR) is 69.1 cm³/mol. The van der Waals surface area contributed by atoms with Crippen molar-refractivity contribution in [1.82, 2.24) is 9.97 Å². The van der Waals surface area contributed by atoms with E-state index < -0.39 is 0 Å². The Morgan fingerprint density at radius 1 is 1.31 bits per heavy atom. The van der Waals surface area contributed by atoms with Gasteiger partial charge in [0.05, 0.1) is 5.69 Å². The molecule has 0 bridgehead atoms. The first-order chi connectivity index (χ1) is 7.54. The lowest BCUT2D eigenvalue weighted by Crippen LogP contribution is -2.10. The fourth-order valence-electron chi connectivity index (χ4n) is 1.43. The molecule has 1 aromatic heterocycles. The van der Waals surface area contributed by atoms with Crippen molar-refractivity contribution in [3.05, 3.63) is 16.4 Å². The molecule has 1 heterocycles. The molecule has 0 saturated heterocycles. The number of nitrogens with one attached hydrogen (secondary N) is 1. The SMILES string of the molecule is CCc1nc(NCCC(C)C)nc(Cl)c1C. The van der Waals surface area contributed by atoms with Crippen molar-refractivity contribution in [2.24, 2.45) is 5.92 Å². The van der Waals surface area contributed by atoms with Gasteiger partial charge in [0.1, 0.15) is 5.15 Å². The van der Waals surface area contributed by atoms with E-state index in [0.29, 0.717) is 17.0 Å². The molecule has 90 valence electrons. The molecule has 1 rings (SSSR count). The van der Waals surface area contributed by atoms with Crippen molar-refractivity contribution in [3.63, 3.8) is 0 Å². The molecule has 0 aliphatic carbocycles. The molecule has 0 fully saturated rings. The van der Waals surface area contributed by atoms with Crippen molar-refractivity contribution in [2.75, 3.05) is 11.9 Å². The molecule has 0 radical (unpaired) electrons. The van der Waals surface area contributed by atoms with Crippen LogP contribution in [0.2, 0.25) is 5.15 Å². The van der Waals surface area contributed by atoms with E-state index in [-0.39, 0.29) is 0 Å². The molecule has 1 N–H and O–H groups in total. The van der Waals surface area contributed by atoms with E-state index in [4.69, 9.17) is 11.6 Å². The molecule has 0 unspecified atom stereocenters. The minimum atomic E-state index is 0.555. The molecule has 16 heavy (non-hydrogen) atoms. The third kappa shape index (κ3) is 3.63. The first kappa shape index (κ1) is 13.2. The van der Waals surface area contributed by atoms with Crippen LogP contribution in [0.3, 0.4) is 0 Å². The maximum Gasteiger partial charge on any atom is 0.224 e. The van der Waals surface area contributed by atoms with E-state index in [1.807, 2.05) is 6.92 Å². The van der Waals surface area contributed by atoms with Gasteiger partial charge in [-0.05, 0) is 25.7 Å². The molecule has 0 aliphatic heterocycles. The summed E-state index contributed by atoms with van der Waals surface area (Å²) < 4.78 is 0. The molecule has 0 atom stereocenters. The summed E-state index contributed by atoms with van der Waals surface area (Å²) in [5, 5.41) is 3.77. The normalized spacial score (nSPS) is 10.9. The number of aryl methyl sites for hydroxylation is 1. The summed E-state index contributed by atoms with van der Waals surface area (Å²) in [7, 11) is 0. The van der Waals surface area contributed by atoms with Crippen LogP contribution in [0.1, 0.15) is 38.4 Å². The zero-order chi connectivity index (χ0) is 12.1. The predicted octanol–water partition coefficient (Wildman–Crippen LogP) is 3.46. The number of aromatic nitrogens is 2. The first-order valence-corrected chi connectivity index (χ1v) is 6.19. The molecule has 0 aromatic carbocycles. The van der Waals surface area contributed by atoms with Gasteiger partial charge in [-0.3, -0.25) is 0 Å². The summed E-state index contributed by atoms with van der Waals surface area (Å²) in [5.74, 6) is 1.33. The molecule has 0 amide bonds. The van der Waals surface area contributed by atoms with E-state index in [1.54, 1.807) is 0 Å². The summed E-state index contributed by atoms with van der Waals surface area (Å²) >= 11 is 6.05. The Morgan fingerprint density at radius 3 is 2.56 bits per heavy atom. The highest BCUT2D eigenvalue weighted by Crippen LogP contribution is 2.18. The van der Waals surface area contributed by atoms with E-state index in [2.05, 4.69) is 36.1 Å². The van der Waals surface area contributed by atoms with Crippen LogP contribution < -0.4 is 5.32 Å². The molecular formula is C12H20ClN3. The number of rotatable bonds is 5. The fraction of sp³-hybridized carbons (Fsp3) is 0.667. The molecule has 0 aliphatic rings. The quantitative estimate of drug-likeness (QED) is 0.803. The lowest BCUT2D eigenvalue weighted by atomic mass is 10.1. The molecular weight excluding hydrogens is 222 g/mol. The monoisotopic (exact) mass is 241 g/mol. The minimum Gasteiger partial charge on any atom is -0.354 e. The maximum atomic E-state index is 6.05. The van der Waals surface area contributed by atoms with E-state index in [9.17, 15) is 0 Å². The Morgan fingerprint density at radius 2 is 2.00 bits per heavy atom. The Labute approximate surface area is 103 Å². The Kier molecular flexibility index (Phi) is 5.00. The molecule has 4 heteroatoms. The smallest absolute Gasteiger partial charge is 0.224 e. The summed E-state index contributed by atoms with van der Waals surface area (Å²) in [5.41, 5.74) is 2.01. The van der Waals surface area contributed by atoms with E-state index >= 15 is 0 Å². The van der Waals surface area contributed by atoms with Gasteiger partial charge >= 0.3 is 0 Å². The second-order valence-corrected chi connectivity index (χ2v) is 4.73. The molecule has 0 spiro atoms. The number of hydrogen-bond acceptors (Lipinski definition) is 3. The molecule has 1 aromatic rings. The number of hydrogen-bond donors (Lipinski definition) is 1. The average molecular weight is 242 g/mol. The zero-order valence-corrected chi connectivity index (χ0v) is 11.2.